The van der Waals surface area contributed by atoms with Crippen molar-refractivity contribution in [2.75, 3.05) is 6.61 Å². The van der Waals surface area contributed by atoms with E-state index in [0.29, 0.717) is 30.3 Å². The fraction of sp³-hybridized carbons (Fsp3) is 0.167. The number of amides is 1. The van der Waals surface area contributed by atoms with E-state index >= 15 is 0 Å². The number of halogens is 1. The van der Waals surface area contributed by atoms with Gasteiger partial charge in [-0.25, -0.2) is 0 Å². The molecule has 1 aromatic heterocycles. The van der Waals surface area contributed by atoms with Gasteiger partial charge in [-0.3, -0.25) is 9.48 Å². The number of benzene rings is 3. The Bertz CT molecular complexity index is 1170. The first kappa shape index (κ1) is 20.0. The summed E-state index contributed by atoms with van der Waals surface area (Å²) < 4.78 is 7.52. The second kappa shape index (κ2) is 9.01. The molecule has 0 radical (unpaired) electrons. The van der Waals surface area contributed by atoms with Gasteiger partial charge in [0.25, 0.3) is 5.91 Å². The molecule has 30 heavy (non-hydrogen) atoms. The Hall–Kier alpha value is -3.31. The Morgan fingerprint density at radius 1 is 1.10 bits per heavy atom. The zero-order valence-electron chi connectivity index (χ0n) is 16.6. The molecule has 6 heteroatoms. The number of carbonyl (C=O) groups is 1. The van der Waals surface area contributed by atoms with E-state index in [2.05, 4.69) is 10.4 Å². The lowest BCUT2D eigenvalue weighted by Gasteiger charge is -2.11. The monoisotopic (exact) mass is 419 g/mol. The second-order valence-electron chi connectivity index (χ2n) is 6.93. The summed E-state index contributed by atoms with van der Waals surface area (Å²) in [7, 11) is 0. The third-order valence-corrected chi connectivity index (χ3v) is 5.12. The van der Waals surface area contributed by atoms with Crippen molar-refractivity contribution in [1.82, 2.24) is 15.1 Å². The molecule has 0 aliphatic heterocycles. The van der Waals surface area contributed by atoms with Gasteiger partial charge >= 0.3 is 0 Å². The summed E-state index contributed by atoms with van der Waals surface area (Å²) in [5, 5.41) is 9.15. The molecule has 152 valence electrons. The summed E-state index contributed by atoms with van der Waals surface area (Å²) >= 11 is 5.97. The van der Waals surface area contributed by atoms with Crippen molar-refractivity contribution in [1.29, 1.82) is 0 Å². The van der Waals surface area contributed by atoms with Crippen molar-refractivity contribution < 1.29 is 9.53 Å². The quantitative estimate of drug-likeness (QED) is 0.455. The molecule has 0 aliphatic carbocycles. The van der Waals surface area contributed by atoms with Crippen LogP contribution < -0.4 is 10.1 Å². The zero-order valence-corrected chi connectivity index (χ0v) is 17.4. The Labute approximate surface area is 180 Å². The van der Waals surface area contributed by atoms with Gasteiger partial charge in [0, 0.05) is 28.1 Å². The number of para-hydroxylation sites is 1. The van der Waals surface area contributed by atoms with Gasteiger partial charge in [0.1, 0.15) is 5.75 Å². The Morgan fingerprint density at radius 2 is 1.90 bits per heavy atom. The number of carbonyl (C=O) groups excluding carboxylic acids is 1. The predicted molar refractivity (Wildman–Crippen MR) is 119 cm³/mol. The molecule has 0 aliphatic rings. The number of hydrogen-bond donors (Lipinski definition) is 1. The molecule has 0 saturated carbocycles. The molecule has 4 rings (SSSR count). The average Bonchev–Trinajstić information content (AvgIpc) is 3.16. The highest BCUT2D eigenvalue weighted by atomic mass is 35.5. The van der Waals surface area contributed by atoms with Crippen LogP contribution in [0.2, 0.25) is 5.02 Å². The van der Waals surface area contributed by atoms with Gasteiger partial charge in [0.05, 0.1) is 24.9 Å². The van der Waals surface area contributed by atoms with Gasteiger partial charge in [0.2, 0.25) is 0 Å². The van der Waals surface area contributed by atoms with Crippen LogP contribution in [-0.2, 0) is 13.1 Å². The lowest BCUT2D eigenvalue weighted by atomic mass is 10.1. The molecular formula is C24H22ClN3O2. The van der Waals surface area contributed by atoms with Crippen molar-refractivity contribution in [2.45, 2.75) is 20.0 Å². The number of fused-ring (bicyclic) bond motifs is 1. The summed E-state index contributed by atoms with van der Waals surface area (Å²) in [6.07, 6.45) is 1.81. The summed E-state index contributed by atoms with van der Waals surface area (Å²) in [5.41, 5.74) is 3.54. The van der Waals surface area contributed by atoms with Crippen LogP contribution in [0, 0.1) is 0 Å². The molecule has 0 atom stereocenters. The number of nitrogens with one attached hydrogen (secondary N) is 1. The highest BCUT2D eigenvalue weighted by Crippen LogP contribution is 2.20. The molecular weight excluding hydrogens is 398 g/mol. The normalized spacial score (nSPS) is 10.9. The van der Waals surface area contributed by atoms with Gasteiger partial charge in [-0.15, -0.1) is 0 Å². The van der Waals surface area contributed by atoms with Crippen LogP contribution in [-0.4, -0.2) is 22.3 Å². The van der Waals surface area contributed by atoms with Crippen molar-refractivity contribution in [3.05, 3.63) is 94.6 Å². The maximum atomic E-state index is 12.8. The first-order chi connectivity index (χ1) is 14.6. The Morgan fingerprint density at radius 3 is 2.70 bits per heavy atom. The smallest absolute Gasteiger partial charge is 0.251 e. The maximum Gasteiger partial charge on any atom is 0.251 e. The minimum Gasteiger partial charge on any atom is -0.494 e. The topological polar surface area (TPSA) is 56.1 Å². The van der Waals surface area contributed by atoms with E-state index in [1.165, 1.54) is 0 Å². The SMILES string of the molecule is CCOc1ccccc1CNC(=O)c1ccc2cnn(Cc3ccc(Cl)cc3)c2c1. The van der Waals surface area contributed by atoms with Crippen LogP contribution in [0.1, 0.15) is 28.4 Å². The number of nitrogens with zero attached hydrogens (tertiary/aromatic N) is 2. The number of rotatable bonds is 7. The van der Waals surface area contributed by atoms with Crippen molar-refractivity contribution in [3.8, 4) is 5.75 Å². The molecule has 3 aromatic carbocycles. The molecule has 0 fully saturated rings. The molecule has 4 aromatic rings. The second-order valence-corrected chi connectivity index (χ2v) is 7.36. The highest BCUT2D eigenvalue weighted by Gasteiger charge is 2.11. The van der Waals surface area contributed by atoms with E-state index in [0.717, 1.165) is 27.8 Å². The van der Waals surface area contributed by atoms with E-state index in [1.807, 2.05) is 84.5 Å². The van der Waals surface area contributed by atoms with Crippen LogP contribution >= 0.6 is 11.6 Å². The minimum absolute atomic E-state index is 0.137. The maximum absolute atomic E-state index is 12.8. The molecule has 0 spiro atoms. The summed E-state index contributed by atoms with van der Waals surface area (Å²) in [5.74, 6) is 0.652. The van der Waals surface area contributed by atoms with Gasteiger partial charge < -0.3 is 10.1 Å². The molecule has 1 heterocycles. The first-order valence-corrected chi connectivity index (χ1v) is 10.2. The molecule has 5 nitrogen and oxygen atoms in total. The lowest BCUT2D eigenvalue weighted by Crippen LogP contribution is -2.23. The van der Waals surface area contributed by atoms with Crippen LogP contribution in [0.3, 0.4) is 0 Å². The fourth-order valence-electron chi connectivity index (χ4n) is 3.32. The number of ether oxygens (including phenoxy) is 1. The molecule has 0 saturated heterocycles. The van der Waals surface area contributed by atoms with Gasteiger partial charge in [-0.2, -0.15) is 5.10 Å². The number of aromatic nitrogens is 2. The van der Waals surface area contributed by atoms with Crippen molar-refractivity contribution >= 4 is 28.4 Å². The van der Waals surface area contributed by atoms with Crippen molar-refractivity contribution in [3.63, 3.8) is 0 Å². The highest BCUT2D eigenvalue weighted by molar-refractivity contribution is 6.30. The van der Waals surface area contributed by atoms with Gasteiger partial charge in [0.15, 0.2) is 0 Å². The van der Waals surface area contributed by atoms with E-state index in [4.69, 9.17) is 16.3 Å². The van der Waals surface area contributed by atoms with Crippen molar-refractivity contribution in [2.24, 2.45) is 0 Å². The lowest BCUT2D eigenvalue weighted by molar-refractivity contribution is 0.0950. The summed E-state index contributed by atoms with van der Waals surface area (Å²) in [6.45, 7) is 3.53. The van der Waals surface area contributed by atoms with E-state index in [1.54, 1.807) is 0 Å². The molecule has 0 unspecified atom stereocenters. The van der Waals surface area contributed by atoms with E-state index in [9.17, 15) is 4.79 Å². The fourth-order valence-corrected chi connectivity index (χ4v) is 3.45. The van der Waals surface area contributed by atoms with Crippen LogP contribution in [0.5, 0.6) is 5.75 Å². The van der Waals surface area contributed by atoms with Crippen LogP contribution in [0.25, 0.3) is 10.9 Å². The van der Waals surface area contributed by atoms with Crippen LogP contribution in [0.15, 0.2) is 72.9 Å². The zero-order chi connectivity index (χ0) is 20.9. The average molecular weight is 420 g/mol. The predicted octanol–water partition coefficient (Wildman–Crippen LogP) is 5.07. The first-order valence-electron chi connectivity index (χ1n) is 9.83. The number of hydrogen-bond acceptors (Lipinski definition) is 3. The van der Waals surface area contributed by atoms with E-state index in [-0.39, 0.29) is 5.91 Å². The minimum atomic E-state index is -0.137. The Kier molecular flexibility index (Phi) is 6.00. The summed E-state index contributed by atoms with van der Waals surface area (Å²) in [4.78, 5) is 12.8. The third-order valence-electron chi connectivity index (χ3n) is 4.86. The van der Waals surface area contributed by atoms with Crippen LogP contribution in [0.4, 0.5) is 0 Å². The standard InChI is InChI=1S/C24H22ClN3O2/c1-2-30-23-6-4-3-5-20(23)14-26-24(29)18-9-10-19-15-27-28(22(19)13-18)16-17-7-11-21(25)12-8-17/h3-13,15H,2,14,16H2,1H3,(H,26,29). The molecule has 1 amide bonds. The van der Waals surface area contributed by atoms with E-state index < -0.39 is 0 Å². The largest absolute Gasteiger partial charge is 0.494 e. The Balaban J connectivity index is 1.51. The molecule has 0 bridgehead atoms. The molecule has 1 N–H and O–H groups in total. The van der Waals surface area contributed by atoms with Gasteiger partial charge in [-0.1, -0.05) is 48.0 Å². The summed E-state index contributed by atoms with van der Waals surface area (Å²) in [6, 6.07) is 21.0. The van der Waals surface area contributed by atoms with Gasteiger partial charge in [-0.05, 0) is 42.8 Å². The third kappa shape index (κ3) is 4.47.